The number of hydrogen-bond acceptors (Lipinski definition) is 4. The molecule has 1 aliphatic carbocycles. The highest BCUT2D eigenvalue weighted by Crippen LogP contribution is 2.38. The van der Waals surface area contributed by atoms with E-state index in [4.69, 9.17) is 5.73 Å². The largest absolute Gasteiger partial charge is 0.354 e. The summed E-state index contributed by atoms with van der Waals surface area (Å²) < 4.78 is 13.6. The number of aromatic nitrogens is 1. The molecule has 1 atom stereocenters. The highest BCUT2D eigenvalue weighted by Gasteiger charge is 2.35. The van der Waals surface area contributed by atoms with Crippen molar-refractivity contribution in [2.24, 2.45) is 11.7 Å². The van der Waals surface area contributed by atoms with Crippen molar-refractivity contribution in [3.63, 3.8) is 0 Å². The minimum atomic E-state index is -0.614. The van der Waals surface area contributed by atoms with Crippen LogP contribution < -0.4 is 16.4 Å². The molecule has 1 aliphatic heterocycles. The third-order valence-electron chi connectivity index (χ3n) is 7.69. The fourth-order valence-corrected chi connectivity index (χ4v) is 5.46. The number of likely N-dealkylation sites (tertiary alicyclic amines) is 1. The number of anilines is 1. The number of piperidine rings is 1. The second-order valence-electron chi connectivity index (χ2n) is 9.94. The number of nitrogens with two attached hydrogens (primary N) is 1. The summed E-state index contributed by atoms with van der Waals surface area (Å²) in [5.41, 5.74) is 8.00. The minimum absolute atomic E-state index is 0.0240. The Balaban J connectivity index is 1.31. The van der Waals surface area contributed by atoms with Crippen molar-refractivity contribution >= 4 is 17.6 Å². The molecule has 7 nitrogen and oxygen atoms in total. The van der Waals surface area contributed by atoms with Crippen molar-refractivity contribution in [1.29, 1.82) is 0 Å². The van der Waals surface area contributed by atoms with E-state index in [1.807, 2.05) is 12.1 Å². The topological polar surface area (TPSA) is 100 Å². The fourth-order valence-electron chi connectivity index (χ4n) is 5.46. The lowest BCUT2D eigenvalue weighted by Gasteiger charge is -2.36. The third-order valence-corrected chi connectivity index (χ3v) is 7.69. The summed E-state index contributed by atoms with van der Waals surface area (Å²) in [6.45, 7) is 1.63. The Labute approximate surface area is 206 Å². The third kappa shape index (κ3) is 6.36. The van der Waals surface area contributed by atoms with Crippen LogP contribution in [0.1, 0.15) is 56.9 Å². The number of pyridine rings is 1. The molecule has 1 aromatic carbocycles. The first-order valence-corrected chi connectivity index (χ1v) is 12.7. The van der Waals surface area contributed by atoms with Gasteiger partial charge in [-0.3, -0.25) is 9.78 Å². The molecule has 1 aromatic heterocycles. The second-order valence-corrected chi connectivity index (χ2v) is 9.94. The van der Waals surface area contributed by atoms with Gasteiger partial charge < -0.3 is 21.3 Å². The molecular formula is C27H36FN5O2. The SMILES string of the molecule is NC(C(=O)NCC1(c2ccc(F)cc2)CCCCCC1)C1CCN(C(=O)Nc2ccncc2)CC1. The number of halogens is 1. The Morgan fingerprint density at radius 2 is 1.66 bits per heavy atom. The number of carbonyl (C=O) groups excluding carboxylic acids is 2. The van der Waals surface area contributed by atoms with Crippen molar-refractivity contribution in [2.45, 2.75) is 62.8 Å². The second kappa shape index (κ2) is 11.6. The maximum Gasteiger partial charge on any atom is 0.321 e. The number of benzene rings is 1. The number of amides is 3. The highest BCUT2D eigenvalue weighted by molar-refractivity contribution is 5.89. The Morgan fingerprint density at radius 1 is 1.03 bits per heavy atom. The number of nitrogens with zero attached hydrogens (tertiary/aromatic N) is 2. The van der Waals surface area contributed by atoms with Crippen LogP contribution in [0.15, 0.2) is 48.8 Å². The van der Waals surface area contributed by atoms with Gasteiger partial charge in [-0.25, -0.2) is 9.18 Å². The first-order chi connectivity index (χ1) is 17.0. The Morgan fingerprint density at radius 3 is 2.29 bits per heavy atom. The Hall–Kier alpha value is -3.00. The molecule has 188 valence electrons. The molecule has 2 fully saturated rings. The molecule has 1 saturated heterocycles. The van der Waals surface area contributed by atoms with Gasteiger partial charge in [-0.05, 0) is 61.4 Å². The number of rotatable bonds is 6. The average molecular weight is 482 g/mol. The number of hydrogen-bond donors (Lipinski definition) is 3. The first kappa shape index (κ1) is 25.1. The normalized spacial score (nSPS) is 19.4. The lowest BCUT2D eigenvalue weighted by molar-refractivity contribution is -0.124. The average Bonchev–Trinajstić information content (AvgIpc) is 3.14. The van der Waals surface area contributed by atoms with Crippen molar-refractivity contribution in [3.05, 3.63) is 60.2 Å². The monoisotopic (exact) mass is 481 g/mol. The molecule has 8 heteroatoms. The van der Waals surface area contributed by atoms with Crippen LogP contribution in [-0.4, -0.2) is 47.5 Å². The van der Waals surface area contributed by atoms with Crippen LogP contribution in [0.4, 0.5) is 14.9 Å². The van der Waals surface area contributed by atoms with E-state index >= 15 is 0 Å². The number of nitrogens with one attached hydrogen (secondary N) is 2. The summed E-state index contributed by atoms with van der Waals surface area (Å²) >= 11 is 0. The van der Waals surface area contributed by atoms with Gasteiger partial charge in [0.05, 0.1) is 6.04 Å². The maximum atomic E-state index is 13.6. The molecule has 3 amide bonds. The van der Waals surface area contributed by atoms with Gasteiger partial charge in [0.2, 0.25) is 5.91 Å². The maximum absolute atomic E-state index is 13.6. The molecule has 1 saturated carbocycles. The van der Waals surface area contributed by atoms with Gasteiger partial charge in [0.25, 0.3) is 0 Å². The van der Waals surface area contributed by atoms with Gasteiger partial charge in [0.15, 0.2) is 0 Å². The molecule has 4 N–H and O–H groups in total. The molecular weight excluding hydrogens is 445 g/mol. The van der Waals surface area contributed by atoms with E-state index in [9.17, 15) is 14.0 Å². The van der Waals surface area contributed by atoms with Gasteiger partial charge in [-0.15, -0.1) is 0 Å². The fraction of sp³-hybridized carbons (Fsp3) is 0.519. The van der Waals surface area contributed by atoms with Crippen LogP contribution in [-0.2, 0) is 10.2 Å². The van der Waals surface area contributed by atoms with Crippen molar-refractivity contribution < 1.29 is 14.0 Å². The molecule has 1 unspecified atom stereocenters. The van der Waals surface area contributed by atoms with E-state index in [1.54, 1.807) is 29.4 Å². The zero-order valence-corrected chi connectivity index (χ0v) is 20.2. The van der Waals surface area contributed by atoms with Crippen LogP contribution in [0, 0.1) is 11.7 Å². The van der Waals surface area contributed by atoms with Gasteiger partial charge in [0, 0.05) is 43.1 Å². The van der Waals surface area contributed by atoms with Crippen LogP contribution in [0.3, 0.4) is 0 Å². The predicted octanol–water partition coefficient (Wildman–Crippen LogP) is 4.20. The molecule has 35 heavy (non-hydrogen) atoms. The molecule has 2 heterocycles. The highest BCUT2D eigenvalue weighted by atomic mass is 19.1. The van der Waals surface area contributed by atoms with Crippen LogP contribution in [0.25, 0.3) is 0 Å². The van der Waals surface area contributed by atoms with E-state index < -0.39 is 6.04 Å². The van der Waals surface area contributed by atoms with E-state index in [0.717, 1.165) is 31.2 Å². The Bertz CT molecular complexity index is 969. The van der Waals surface area contributed by atoms with Gasteiger partial charge in [-0.1, -0.05) is 37.8 Å². The lowest BCUT2D eigenvalue weighted by atomic mass is 9.74. The summed E-state index contributed by atoms with van der Waals surface area (Å²) in [5.74, 6) is -0.365. The zero-order chi connectivity index (χ0) is 24.7. The molecule has 2 aliphatic rings. The quantitative estimate of drug-likeness (QED) is 0.539. The Kier molecular flexibility index (Phi) is 8.33. The van der Waals surface area contributed by atoms with Crippen LogP contribution >= 0.6 is 0 Å². The summed E-state index contributed by atoms with van der Waals surface area (Å²) in [6.07, 6.45) is 11.1. The predicted molar refractivity (Wildman–Crippen MR) is 134 cm³/mol. The van der Waals surface area contributed by atoms with Crippen molar-refractivity contribution in [3.8, 4) is 0 Å². The molecule has 0 radical (unpaired) electrons. The molecule has 2 aromatic rings. The number of carbonyl (C=O) groups is 2. The molecule has 4 rings (SSSR count). The van der Waals surface area contributed by atoms with E-state index in [2.05, 4.69) is 15.6 Å². The van der Waals surface area contributed by atoms with Crippen LogP contribution in [0.2, 0.25) is 0 Å². The van der Waals surface area contributed by atoms with Gasteiger partial charge in [0.1, 0.15) is 5.82 Å². The van der Waals surface area contributed by atoms with Crippen molar-refractivity contribution in [1.82, 2.24) is 15.2 Å². The standard InChI is InChI=1S/C27H36FN5O2/c28-22-7-5-21(6-8-22)27(13-3-1-2-4-14-27)19-31-25(34)24(29)20-11-17-33(18-12-20)26(35)32-23-9-15-30-16-10-23/h5-10,15-16,20,24H,1-4,11-14,17-19,29H2,(H,31,34)(H,30,32,35). The van der Waals surface area contributed by atoms with E-state index in [-0.39, 0.29) is 29.1 Å². The smallest absolute Gasteiger partial charge is 0.321 e. The summed E-state index contributed by atoms with van der Waals surface area (Å²) in [5, 5.41) is 6.02. The molecule has 0 spiro atoms. The van der Waals surface area contributed by atoms with E-state index in [1.165, 1.54) is 25.0 Å². The molecule has 0 bridgehead atoms. The first-order valence-electron chi connectivity index (χ1n) is 12.7. The number of urea groups is 1. The van der Waals surface area contributed by atoms with Crippen LogP contribution in [0.5, 0.6) is 0 Å². The van der Waals surface area contributed by atoms with E-state index in [0.29, 0.717) is 38.2 Å². The van der Waals surface area contributed by atoms with Gasteiger partial charge in [-0.2, -0.15) is 0 Å². The zero-order valence-electron chi connectivity index (χ0n) is 20.2. The lowest BCUT2D eigenvalue weighted by Crippen LogP contribution is -2.52. The van der Waals surface area contributed by atoms with Gasteiger partial charge >= 0.3 is 6.03 Å². The summed E-state index contributed by atoms with van der Waals surface area (Å²) in [6, 6.07) is 9.47. The van der Waals surface area contributed by atoms with Crippen molar-refractivity contribution in [2.75, 3.05) is 25.0 Å². The minimum Gasteiger partial charge on any atom is -0.354 e. The summed E-state index contributed by atoms with van der Waals surface area (Å²) in [4.78, 5) is 31.3. The summed E-state index contributed by atoms with van der Waals surface area (Å²) in [7, 11) is 0.